The summed E-state index contributed by atoms with van der Waals surface area (Å²) in [7, 11) is 0. The fraction of sp³-hybridized carbons (Fsp3) is 0.600. The van der Waals surface area contributed by atoms with Crippen molar-refractivity contribution in [3.63, 3.8) is 0 Å². The van der Waals surface area contributed by atoms with Crippen molar-refractivity contribution in [3.8, 4) is 0 Å². The minimum Gasteiger partial charge on any atom is -0.398 e. The van der Waals surface area contributed by atoms with Gasteiger partial charge in [0.25, 0.3) is 5.91 Å². The van der Waals surface area contributed by atoms with Crippen LogP contribution in [0.1, 0.15) is 43.5 Å². The normalized spacial score (nSPS) is 27.5. The number of likely N-dealkylation sites (N-methyl/N-ethyl adjacent to an activating group) is 1. The number of para-hydroxylation sites is 1. The molecule has 6 nitrogen and oxygen atoms in total. The minimum absolute atomic E-state index is 0.0536. The standard InChI is InChI=1S/C20H31N5O/c1-3-5-10-20-14-24(4-2)11-12-25(15-20)13-18(20)22-23-19(26)16-8-6-7-9-17(16)21/h6-9H,3-5,10-15,21H2,1-2H3,(H,23,26)/b22-18-. The summed E-state index contributed by atoms with van der Waals surface area (Å²) in [4.78, 5) is 17.5. The predicted molar refractivity (Wildman–Crippen MR) is 106 cm³/mol. The first-order valence-electron chi connectivity index (χ1n) is 9.74. The molecule has 1 aromatic carbocycles. The van der Waals surface area contributed by atoms with Crippen molar-refractivity contribution in [2.75, 3.05) is 45.0 Å². The molecule has 0 radical (unpaired) electrons. The largest absolute Gasteiger partial charge is 0.398 e. The summed E-state index contributed by atoms with van der Waals surface area (Å²) in [5, 5.41) is 4.61. The third-order valence-corrected chi connectivity index (χ3v) is 5.72. The Morgan fingerprint density at radius 1 is 1.27 bits per heavy atom. The highest BCUT2D eigenvalue weighted by molar-refractivity contribution is 6.01. The number of nitrogens with zero attached hydrogens (tertiary/aromatic N) is 3. The number of benzene rings is 1. The van der Waals surface area contributed by atoms with Crippen LogP contribution in [0.5, 0.6) is 0 Å². The molecule has 2 aliphatic heterocycles. The molecule has 0 saturated carbocycles. The van der Waals surface area contributed by atoms with Gasteiger partial charge in [0.15, 0.2) is 0 Å². The summed E-state index contributed by atoms with van der Waals surface area (Å²) >= 11 is 0. The van der Waals surface area contributed by atoms with Crippen LogP contribution in [-0.2, 0) is 0 Å². The summed E-state index contributed by atoms with van der Waals surface area (Å²) in [6.45, 7) is 10.6. The number of nitrogen functional groups attached to an aromatic ring is 1. The Labute approximate surface area is 156 Å². The van der Waals surface area contributed by atoms with E-state index in [0.29, 0.717) is 11.3 Å². The lowest BCUT2D eigenvalue weighted by Crippen LogP contribution is -2.44. The van der Waals surface area contributed by atoms with E-state index >= 15 is 0 Å². The van der Waals surface area contributed by atoms with Crippen molar-refractivity contribution >= 4 is 17.3 Å². The number of nitrogens with one attached hydrogen (secondary N) is 1. The molecule has 0 spiro atoms. The molecule has 2 saturated heterocycles. The molecule has 1 amide bonds. The van der Waals surface area contributed by atoms with Gasteiger partial charge in [0.1, 0.15) is 0 Å². The topological polar surface area (TPSA) is 74.0 Å². The number of carbonyl (C=O) groups is 1. The second kappa shape index (κ2) is 8.18. The second-order valence-corrected chi connectivity index (χ2v) is 7.55. The molecule has 26 heavy (non-hydrogen) atoms. The third-order valence-electron chi connectivity index (χ3n) is 5.72. The monoisotopic (exact) mass is 357 g/mol. The van der Waals surface area contributed by atoms with Gasteiger partial charge in [0.05, 0.1) is 11.3 Å². The van der Waals surface area contributed by atoms with Gasteiger partial charge in [-0.3, -0.25) is 9.69 Å². The lowest BCUT2D eigenvalue weighted by Gasteiger charge is -2.33. The van der Waals surface area contributed by atoms with Crippen molar-refractivity contribution in [3.05, 3.63) is 29.8 Å². The molecule has 2 unspecified atom stereocenters. The van der Waals surface area contributed by atoms with E-state index in [0.717, 1.165) is 51.4 Å². The summed E-state index contributed by atoms with van der Waals surface area (Å²) < 4.78 is 0. The van der Waals surface area contributed by atoms with E-state index < -0.39 is 0 Å². The van der Waals surface area contributed by atoms with E-state index in [1.54, 1.807) is 12.1 Å². The zero-order valence-corrected chi connectivity index (χ0v) is 16.0. The third kappa shape index (κ3) is 3.91. The molecule has 6 heteroatoms. The van der Waals surface area contributed by atoms with Gasteiger partial charge in [-0.2, -0.15) is 5.10 Å². The number of carbonyl (C=O) groups excluding carboxylic acids is 1. The van der Waals surface area contributed by atoms with Gasteiger partial charge >= 0.3 is 0 Å². The summed E-state index contributed by atoms with van der Waals surface area (Å²) in [5.74, 6) is -0.233. The number of nitrogens with two attached hydrogens (primary N) is 1. The highest BCUT2D eigenvalue weighted by Gasteiger charge is 2.46. The predicted octanol–water partition coefficient (Wildman–Crippen LogP) is 2.18. The van der Waals surface area contributed by atoms with E-state index in [1.165, 1.54) is 12.8 Å². The molecule has 142 valence electrons. The van der Waals surface area contributed by atoms with Crippen LogP contribution in [0.2, 0.25) is 0 Å². The molecule has 2 heterocycles. The van der Waals surface area contributed by atoms with Crippen LogP contribution in [0.3, 0.4) is 0 Å². The summed E-state index contributed by atoms with van der Waals surface area (Å²) in [5.41, 5.74) is 10.8. The molecule has 2 atom stereocenters. The number of hydrogen-bond donors (Lipinski definition) is 2. The Balaban J connectivity index is 1.81. The van der Waals surface area contributed by atoms with E-state index in [2.05, 4.69) is 34.2 Å². The molecule has 0 aliphatic carbocycles. The molecular weight excluding hydrogens is 326 g/mol. The van der Waals surface area contributed by atoms with Crippen LogP contribution < -0.4 is 11.2 Å². The van der Waals surface area contributed by atoms with Gasteiger partial charge in [-0.1, -0.05) is 38.8 Å². The number of rotatable bonds is 6. The number of hydrazone groups is 1. The molecule has 3 N–H and O–H groups in total. The van der Waals surface area contributed by atoms with Gasteiger partial charge in [0.2, 0.25) is 0 Å². The highest BCUT2D eigenvalue weighted by atomic mass is 16.2. The number of unbranched alkanes of at least 4 members (excludes halogenated alkanes) is 1. The lowest BCUT2D eigenvalue weighted by atomic mass is 9.80. The van der Waals surface area contributed by atoms with E-state index in [1.807, 2.05) is 12.1 Å². The van der Waals surface area contributed by atoms with Crippen molar-refractivity contribution in [2.45, 2.75) is 33.1 Å². The Morgan fingerprint density at radius 3 is 2.81 bits per heavy atom. The van der Waals surface area contributed by atoms with Crippen LogP contribution in [0.4, 0.5) is 5.69 Å². The van der Waals surface area contributed by atoms with Crippen LogP contribution >= 0.6 is 0 Å². The van der Waals surface area contributed by atoms with Crippen molar-refractivity contribution in [1.29, 1.82) is 0 Å². The van der Waals surface area contributed by atoms with Crippen molar-refractivity contribution in [2.24, 2.45) is 10.5 Å². The Bertz CT molecular complexity index is 674. The first-order valence-corrected chi connectivity index (χ1v) is 9.74. The van der Waals surface area contributed by atoms with Gasteiger partial charge in [-0.15, -0.1) is 0 Å². The number of fused-ring (bicyclic) bond motifs is 2. The van der Waals surface area contributed by atoms with E-state index in [9.17, 15) is 4.79 Å². The lowest BCUT2D eigenvalue weighted by molar-refractivity contribution is 0.0955. The Hall–Kier alpha value is -1.92. The minimum atomic E-state index is -0.233. The molecule has 3 rings (SSSR count). The summed E-state index contributed by atoms with van der Waals surface area (Å²) in [6.07, 6.45) is 3.48. The maximum absolute atomic E-state index is 12.5. The van der Waals surface area contributed by atoms with Crippen LogP contribution in [0.15, 0.2) is 29.4 Å². The zero-order chi connectivity index (χ0) is 18.6. The first kappa shape index (κ1) is 18.9. The number of anilines is 1. The van der Waals surface area contributed by atoms with E-state index in [4.69, 9.17) is 5.73 Å². The van der Waals surface area contributed by atoms with Crippen LogP contribution in [0.25, 0.3) is 0 Å². The maximum Gasteiger partial charge on any atom is 0.273 e. The Kier molecular flexibility index (Phi) is 5.94. The van der Waals surface area contributed by atoms with Crippen molar-refractivity contribution in [1.82, 2.24) is 15.2 Å². The van der Waals surface area contributed by atoms with Gasteiger partial charge in [0, 0.05) is 43.8 Å². The Morgan fingerprint density at radius 2 is 2.08 bits per heavy atom. The fourth-order valence-electron chi connectivity index (χ4n) is 4.17. The number of amides is 1. The molecule has 1 aromatic rings. The highest BCUT2D eigenvalue weighted by Crippen LogP contribution is 2.36. The average molecular weight is 358 g/mol. The van der Waals surface area contributed by atoms with Gasteiger partial charge in [-0.25, -0.2) is 5.43 Å². The molecule has 0 aromatic heterocycles. The van der Waals surface area contributed by atoms with Crippen LogP contribution in [0, 0.1) is 5.41 Å². The molecule has 2 aliphatic rings. The first-order chi connectivity index (χ1) is 12.6. The smallest absolute Gasteiger partial charge is 0.273 e. The zero-order valence-electron chi connectivity index (χ0n) is 16.0. The SMILES string of the molecule is CCCCC12CN(CC)CCN(C/C1=N/NC(=O)c1ccccc1N)C2. The quantitative estimate of drug-likeness (QED) is 0.604. The maximum atomic E-state index is 12.5. The molecule has 2 bridgehead atoms. The van der Waals surface area contributed by atoms with Gasteiger partial charge in [-0.05, 0) is 25.1 Å². The van der Waals surface area contributed by atoms with Gasteiger partial charge < -0.3 is 10.6 Å². The second-order valence-electron chi connectivity index (χ2n) is 7.55. The average Bonchev–Trinajstić information content (AvgIpc) is 2.87. The van der Waals surface area contributed by atoms with Crippen molar-refractivity contribution < 1.29 is 4.79 Å². The van der Waals surface area contributed by atoms with Crippen LogP contribution in [-0.4, -0.2) is 60.7 Å². The fourth-order valence-corrected chi connectivity index (χ4v) is 4.17. The molecular formula is C20H31N5O. The molecule has 2 fully saturated rings. The summed E-state index contributed by atoms with van der Waals surface area (Å²) in [6, 6.07) is 7.12. The van der Waals surface area contributed by atoms with E-state index in [-0.39, 0.29) is 11.3 Å². The number of hydrogen-bond acceptors (Lipinski definition) is 5.